The molecule has 0 spiro atoms. The Labute approximate surface area is 98.4 Å². The second-order valence-electron chi connectivity index (χ2n) is 5.13. The Kier molecular flexibility index (Phi) is 3.66. The zero-order valence-corrected chi connectivity index (χ0v) is 10.2. The molecule has 0 bridgehead atoms. The lowest BCUT2D eigenvalue weighted by molar-refractivity contribution is 0.315. The number of likely N-dealkylation sites (tertiary alicyclic amines) is 1. The predicted octanol–water partition coefficient (Wildman–Crippen LogP) is 1.23. The van der Waals surface area contributed by atoms with Crippen LogP contribution in [0.15, 0.2) is 23.9 Å². The molecule has 0 amide bonds. The van der Waals surface area contributed by atoms with E-state index in [0.29, 0.717) is 0 Å². The molecule has 1 heterocycles. The second-order valence-corrected chi connectivity index (χ2v) is 5.13. The van der Waals surface area contributed by atoms with E-state index in [1.165, 1.54) is 32.5 Å². The minimum atomic E-state index is 0.0998. The molecular weight excluding hydrogens is 198 g/mol. The lowest BCUT2D eigenvalue weighted by atomic mass is 9.92. The molecule has 3 nitrogen and oxygen atoms in total. The highest BCUT2D eigenvalue weighted by Gasteiger charge is 2.21. The van der Waals surface area contributed by atoms with Crippen LogP contribution in [0.5, 0.6) is 0 Å². The molecule has 1 atom stereocenters. The minimum Gasteiger partial charge on any atom is -0.399 e. The van der Waals surface area contributed by atoms with E-state index in [4.69, 9.17) is 5.73 Å². The van der Waals surface area contributed by atoms with Gasteiger partial charge in [-0.25, -0.2) is 0 Å². The zero-order valence-electron chi connectivity index (χ0n) is 10.2. The Hall–Kier alpha value is -0.800. The van der Waals surface area contributed by atoms with Crippen LogP contribution in [0.2, 0.25) is 0 Å². The molecule has 2 aliphatic rings. The van der Waals surface area contributed by atoms with Gasteiger partial charge in [0.25, 0.3) is 0 Å². The Morgan fingerprint density at radius 1 is 1.44 bits per heavy atom. The SMILES string of the molecule is CC1(NCCN2CCCC2)C=CC(N)=CC1. The van der Waals surface area contributed by atoms with E-state index in [1.54, 1.807) is 0 Å². The molecule has 0 aromatic carbocycles. The van der Waals surface area contributed by atoms with Crippen LogP contribution in [-0.2, 0) is 0 Å². The van der Waals surface area contributed by atoms with Gasteiger partial charge >= 0.3 is 0 Å². The predicted molar refractivity (Wildman–Crippen MR) is 68.1 cm³/mol. The zero-order chi connectivity index (χ0) is 11.4. The standard InChI is InChI=1S/C13H23N3/c1-13(6-4-12(14)5-7-13)15-8-11-16-9-2-3-10-16/h4-6,15H,2-3,7-11,14H2,1H3. The van der Waals surface area contributed by atoms with Crippen LogP contribution in [0.4, 0.5) is 0 Å². The Morgan fingerprint density at radius 3 is 2.81 bits per heavy atom. The normalized spacial score (nSPS) is 30.7. The van der Waals surface area contributed by atoms with E-state index >= 15 is 0 Å². The maximum atomic E-state index is 5.72. The first-order valence-corrected chi connectivity index (χ1v) is 6.30. The lowest BCUT2D eigenvalue weighted by Gasteiger charge is -2.30. The van der Waals surface area contributed by atoms with Crippen molar-refractivity contribution in [1.29, 1.82) is 0 Å². The van der Waals surface area contributed by atoms with E-state index in [-0.39, 0.29) is 5.54 Å². The van der Waals surface area contributed by atoms with Gasteiger partial charge in [-0.3, -0.25) is 0 Å². The van der Waals surface area contributed by atoms with Crippen LogP contribution in [0.3, 0.4) is 0 Å². The second kappa shape index (κ2) is 5.02. The van der Waals surface area contributed by atoms with Crippen molar-refractivity contribution in [3.05, 3.63) is 23.9 Å². The number of allylic oxidation sites excluding steroid dienone is 1. The molecular formula is C13H23N3. The Morgan fingerprint density at radius 2 is 2.19 bits per heavy atom. The van der Waals surface area contributed by atoms with Crippen molar-refractivity contribution in [2.24, 2.45) is 5.73 Å². The number of hydrogen-bond donors (Lipinski definition) is 2. The summed E-state index contributed by atoms with van der Waals surface area (Å²) in [6, 6.07) is 0. The number of nitrogens with one attached hydrogen (secondary N) is 1. The van der Waals surface area contributed by atoms with Crippen LogP contribution in [0, 0.1) is 0 Å². The molecule has 1 fully saturated rings. The molecule has 3 heteroatoms. The Balaban J connectivity index is 1.71. The van der Waals surface area contributed by atoms with Gasteiger partial charge in [0.2, 0.25) is 0 Å². The van der Waals surface area contributed by atoms with Crippen molar-refractivity contribution in [2.45, 2.75) is 31.7 Å². The van der Waals surface area contributed by atoms with Gasteiger partial charge in [0.15, 0.2) is 0 Å². The molecule has 90 valence electrons. The number of hydrogen-bond acceptors (Lipinski definition) is 3. The highest BCUT2D eigenvalue weighted by molar-refractivity contribution is 5.26. The van der Waals surface area contributed by atoms with Crippen molar-refractivity contribution in [1.82, 2.24) is 10.2 Å². The first-order chi connectivity index (χ1) is 7.68. The van der Waals surface area contributed by atoms with Gasteiger partial charge in [-0.1, -0.05) is 12.2 Å². The average molecular weight is 221 g/mol. The van der Waals surface area contributed by atoms with Crippen molar-refractivity contribution < 1.29 is 0 Å². The van der Waals surface area contributed by atoms with E-state index < -0.39 is 0 Å². The number of nitrogens with two attached hydrogens (primary N) is 1. The van der Waals surface area contributed by atoms with Gasteiger partial charge in [-0.05, 0) is 45.4 Å². The van der Waals surface area contributed by atoms with Crippen molar-refractivity contribution in [3.63, 3.8) is 0 Å². The van der Waals surface area contributed by atoms with Gasteiger partial charge in [-0.2, -0.15) is 0 Å². The van der Waals surface area contributed by atoms with Crippen LogP contribution in [0.25, 0.3) is 0 Å². The monoisotopic (exact) mass is 221 g/mol. The summed E-state index contributed by atoms with van der Waals surface area (Å²) >= 11 is 0. The van der Waals surface area contributed by atoms with Gasteiger partial charge in [0.05, 0.1) is 0 Å². The molecule has 3 N–H and O–H groups in total. The smallest absolute Gasteiger partial charge is 0.0375 e. The average Bonchev–Trinajstić information content (AvgIpc) is 2.76. The highest BCUT2D eigenvalue weighted by Crippen LogP contribution is 2.18. The first kappa shape index (κ1) is 11.7. The third-order valence-corrected chi connectivity index (χ3v) is 3.56. The molecule has 0 saturated carbocycles. The highest BCUT2D eigenvalue weighted by atomic mass is 15.2. The number of nitrogens with zero attached hydrogens (tertiary/aromatic N) is 1. The van der Waals surface area contributed by atoms with Gasteiger partial charge < -0.3 is 16.0 Å². The number of rotatable bonds is 4. The summed E-state index contributed by atoms with van der Waals surface area (Å²) in [5.41, 5.74) is 6.71. The quantitative estimate of drug-likeness (QED) is 0.750. The molecule has 1 unspecified atom stereocenters. The fourth-order valence-corrected chi connectivity index (χ4v) is 2.38. The van der Waals surface area contributed by atoms with E-state index in [0.717, 1.165) is 18.7 Å². The molecule has 0 aromatic rings. The summed E-state index contributed by atoms with van der Waals surface area (Å²) in [5.74, 6) is 0. The van der Waals surface area contributed by atoms with Crippen LogP contribution >= 0.6 is 0 Å². The maximum Gasteiger partial charge on any atom is 0.0375 e. The molecule has 2 rings (SSSR count). The van der Waals surface area contributed by atoms with Crippen LogP contribution in [-0.4, -0.2) is 36.6 Å². The van der Waals surface area contributed by atoms with Crippen molar-refractivity contribution in [2.75, 3.05) is 26.2 Å². The van der Waals surface area contributed by atoms with E-state index in [2.05, 4.69) is 29.3 Å². The summed E-state index contributed by atoms with van der Waals surface area (Å²) in [7, 11) is 0. The first-order valence-electron chi connectivity index (χ1n) is 6.30. The summed E-state index contributed by atoms with van der Waals surface area (Å²) in [6.07, 6.45) is 10.0. The third-order valence-electron chi connectivity index (χ3n) is 3.56. The van der Waals surface area contributed by atoms with Gasteiger partial charge in [0.1, 0.15) is 0 Å². The largest absolute Gasteiger partial charge is 0.399 e. The van der Waals surface area contributed by atoms with Crippen LogP contribution < -0.4 is 11.1 Å². The van der Waals surface area contributed by atoms with E-state index in [9.17, 15) is 0 Å². The lowest BCUT2D eigenvalue weighted by Crippen LogP contribution is -2.44. The van der Waals surface area contributed by atoms with Gasteiger partial charge in [-0.15, -0.1) is 0 Å². The summed E-state index contributed by atoms with van der Waals surface area (Å²) in [6.45, 7) is 7.02. The molecule has 1 aliphatic heterocycles. The minimum absolute atomic E-state index is 0.0998. The molecule has 16 heavy (non-hydrogen) atoms. The van der Waals surface area contributed by atoms with Crippen molar-refractivity contribution in [3.8, 4) is 0 Å². The topological polar surface area (TPSA) is 41.3 Å². The maximum absolute atomic E-state index is 5.72. The van der Waals surface area contributed by atoms with Crippen LogP contribution in [0.1, 0.15) is 26.2 Å². The summed E-state index contributed by atoms with van der Waals surface area (Å²) < 4.78 is 0. The fourth-order valence-electron chi connectivity index (χ4n) is 2.38. The van der Waals surface area contributed by atoms with Gasteiger partial charge in [0, 0.05) is 24.3 Å². The summed E-state index contributed by atoms with van der Waals surface area (Å²) in [4.78, 5) is 2.53. The molecule has 1 saturated heterocycles. The van der Waals surface area contributed by atoms with Crippen molar-refractivity contribution >= 4 is 0 Å². The van der Waals surface area contributed by atoms with E-state index in [1.807, 2.05) is 6.08 Å². The Bertz CT molecular complexity index is 290. The summed E-state index contributed by atoms with van der Waals surface area (Å²) in [5, 5.41) is 3.62. The fraction of sp³-hybridized carbons (Fsp3) is 0.692. The molecule has 1 aliphatic carbocycles. The molecule has 0 radical (unpaired) electrons. The third kappa shape index (κ3) is 3.09. The molecule has 0 aromatic heterocycles.